The molecule has 9 nitrogen and oxygen atoms in total. The molecule has 2 amide bonds. The number of β-amino-alcohol motifs (C(OH)–C–C–N with tert-alkyl or cyclic N) is 1. The molecule has 1 aliphatic carbocycles. The van der Waals surface area contributed by atoms with Crippen molar-refractivity contribution in [3.63, 3.8) is 0 Å². The molecule has 1 aromatic heterocycles. The van der Waals surface area contributed by atoms with E-state index in [0.717, 1.165) is 33.9 Å². The zero-order valence-corrected chi connectivity index (χ0v) is 29.2. The average Bonchev–Trinajstić information content (AvgIpc) is 3.61. The first-order chi connectivity index (χ1) is 22.4. The Hall–Kier alpha value is -3.15. The summed E-state index contributed by atoms with van der Waals surface area (Å²) in [6.45, 7) is 13.0. The molecule has 0 spiro atoms. The number of rotatable bonds is 12. The zero-order valence-electron chi connectivity index (χ0n) is 28.4. The SMILES string of the molecule is CC(C)c1nc(CN2CCN(CC(O)CC(Cc3ccccc3)C(=O)N[C@H]3c4ccccc4C[C@H]3O)C(C(=O)NC(C)(C)C)C2)cs1. The van der Waals surface area contributed by atoms with Crippen LogP contribution in [0.15, 0.2) is 60.0 Å². The Morgan fingerprint density at radius 2 is 1.79 bits per heavy atom. The molecule has 0 saturated carbocycles. The number of carbonyl (C=O) groups is 2. The topological polar surface area (TPSA) is 118 Å². The highest BCUT2D eigenvalue weighted by Gasteiger charge is 2.37. The lowest BCUT2D eigenvalue weighted by atomic mass is 9.91. The van der Waals surface area contributed by atoms with Crippen molar-refractivity contribution >= 4 is 23.2 Å². The van der Waals surface area contributed by atoms with Crippen molar-refractivity contribution in [3.8, 4) is 0 Å². The van der Waals surface area contributed by atoms with Crippen LogP contribution in [0.2, 0.25) is 0 Å². The Morgan fingerprint density at radius 3 is 2.49 bits per heavy atom. The second-order valence-electron chi connectivity index (χ2n) is 14.5. The molecule has 1 saturated heterocycles. The number of aliphatic hydroxyl groups excluding tert-OH is 2. The maximum absolute atomic E-state index is 13.9. The van der Waals surface area contributed by atoms with E-state index in [-0.39, 0.29) is 24.8 Å². The number of hydrogen-bond donors (Lipinski definition) is 4. The first-order valence-electron chi connectivity index (χ1n) is 16.9. The summed E-state index contributed by atoms with van der Waals surface area (Å²) in [6, 6.07) is 16.7. The number of carbonyl (C=O) groups excluding carboxylic acids is 2. The number of fused-ring (bicyclic) bond motifs is 1. The number of hydrogen-bond acceptors (Lipinski definition) is 8. The maximum atomic E-state index is 13.9. The molecule has 0 radical (unpaired) electrons. The number of piperazine rings is 1. The van der Waals surface area contributed by atoms with Crippen molar-refractivity contribution in [3.05, 3.63) is 87.4 Å². The van der Waals surface area contributed by atoms with Crippen LogP contribution in [0.3, 0.4) is 0 Å². The van der Waals surface area contributed by atoms with E-state index in [9.17, 15) is 19.8 Å². The van der Waals surface area contributed by atoms with Gasteiger partial charge in [-0.2, -0.15) is 0 Å². The molecule has 47 heavy (non-hydrogen) atoms. The molecule has 2 heterocycles. The Balaban J connectivity index is 1.28. The van der Waals surface area contributed by atoms with Crippen LogP contribution < -0.4 is 10.6 Å². The lowest BCUT2D eigenvalue weighted by molar-refractivity contribution is -0.132. The van der Waals surface area contributed by atoms with Gasteiger partial charge in [-0.25, -0.2) is 4.98 Å². The highest BCUT2D eigenvalue weighted by atomic mass is 32.1. The summed E-state index contributed by atoms with van der Waals surface area (Å²) in [5.74, 6) is -0.396. The third-order valence-corrected chi connectivity index (χ3v) is 10.2. The summed E-state index contributed by atoms with van der Waals surface area (Å²) in [5.41, 5.74) is 3.61. The number of benzene rings is 2. The summed E-state index contributed by atoms with van der Waals surface area (Å²) in [4.78, 5) is 36.6. The predicted octanol–water partition coefficient (Wildman–Crippen LogP) is 4.05. The lowest BCUT2D eigenvalue weighted by Crippen LogP contribution is -2.62. The second-order valence-corrected chi connectivity index (χ2v) is 15.4. The fraction of sp³-hybridized carbons (Fsp3) is 0.541. The number of aromatic nitrogens is 1. The van der Waals surface area contributed by atoms with Crippen molar-refractivity contribution in [1.29, 1.82) is 0 Å². The molecule has 3 unspecified atom stereocenters. The van der Waals surface area contributed by atoms with Gasteiger partial charge < -0.3 is 20.8 Å². The van der Waals surface area contributed by atoms with E-state index in [2.05, 4.69) is 39.7 Å². The van der Waals surface area contributed by atoms with Gasteiger partial charge in [-0.05, 0) is 50.3 Å². The van der Waals surface area contributed by atoms with E-state index in [1.807, 2.05) is 75.4 Å². The smallest absolute Gasteiger partial charge is 0.239 e. The van der Waals surface area contributed by atoms with E-state index in [4.69, 9.17) is 4.98 Å². The molecule has 10 heteroatoms. The quantitative estimate of drug-likeness (QED) is 0.231. The van der Waals surface area contributed by atoms with Crippen LogP contribution in [-0.2, 0) is 29.0 Å². The molecular formula is C37H51N5O4S. The zero-order chi connectivity index (χ0) is 33.7. The summed E-state index contributed by atoms with van der Waals surface area (Å²) >= 11 is 1.68. The molecule has 5 rings (SSSR count). The Labute approximate surface area is 283 Å². The molecule has 5 atom stereocenters. The molecule has 1 fully saturated rings. The van der Waals surface area contributed by atoms with Crippen molar-refractivity contribution < 1.29 is 19.8 Å². The first kappa shape index (κ1) is 35.2. The van der Waals surface area contributed by atoms with E-state index in [1.54, 1.807) is 11.3 Å². The summed E-state index contributed by atoms with van der Waals surface area (Å²) in [7, 11) is 0. The van der Waals surface area contributed by atoms with Crippen LogP contribution in [-0.4, -0.2) is 86.8 Å². The fourth-order valence-electron chi connectivity index (χ4n) is 6.70. The lowest BCUT2D eigenvalue weighted by Gasteiger charge is -2.42. The standard InChI is InChI=1S/C37H51N5O4S/c1-24(2)36-38-28(23-47-36)20-41-15-16-42(31(22-41)35(46)40-37(3,4)5)21-29(43)18-27(17-25-11-7-6-8-12-25)34(45)39-33-30-14-10-9-13-26(30)19-32(33)44/h6-14,23-24,27,29,31-33,43-44H,15-22H2,1-5H3,(H,39,45)(H,40,46)/t27?,29?,31?,32-,33+/m1/s1. The van der Waals surface area contributed by atoms with Crippen LogP contribution in [0.4, 0.5) is 0 Å². The minimum atomic E-state index is -0.834. The molecule has 2 aliphatic rings. The van der Waals surface area contributed by atoms with E-state index in [1.165, 1.54) is 0 Å². The van der Waals surface area contributed by atoms with Crippen molar-refractivity contribution in [1.82, 2.24) is 25.4 Å². The van der Waals surface area contributed by atoms with Crippen LogP contribution in [0, 0.1) is 5.92 Å². The van der Waals surface area contributed by atoms with Crippen molar-refractivity contribution in [2.24, 2.45) is 5.92 Å². The van der Waals surface area contributed by atoms with Gasteiger partial charge >= 0.3 is 0 Å². The van der Waals surface area contributed by atoms with E-state index < -0.39 is 35.7 Å². The molecular weight excluding hydrogens is 611 g/mol. The molecule has 4 N–H and O–H groups in total. The number of nitrogens with one attached hydrogen (secondary N) is 2. The normalized spacial score (nSPS) is 21.7. The molecule has 3 aromatic rings. The van der Waals surface area contributed by atoms with Crippen LogP contribution in [0.1, 0.15) is 80.4 Å². The third-order valence-electron chi connectivity index (χ3n) is 9.02. The monoisotopic (exact) mass is 661 g/mol. The van der Waals surface area contributed by atoms with Gasteiger partial charge in [0.05, 0.1) is 29.0 Å². The van der Waals surface area contributed by atoms with Gasteiger partial charge in [-0.1, -0.05) is 68.4 Å². The highest BCUT2D eigenvalue weighted by Crippen LogP contribution is 2.32. The molecule has 0 bridgehead atoms. The minimum absolute atomic E-state index is 0.0667. The van der Waals surface area contributed by atoms with Gasteiger partial charge in [0.15, 0.2) is 0 Å². The van der Waals surface area contributed by atoms with Gasteiger partial charge in [0.1, 0.15) is 6.04 Å². The molecule has 2 aromatic carbocycles. The first-order valence-corrected chi connectivity index (χ1v) is 17.7. The summed E-state index contributed by atoms with van der Waals surface area (Å²) < 4.78 is 0. The van der Waals surface area contributed by atoms with Crippen LogP contribution >= 0.6 is 11.3 Å². The summed E-state index contributed by atoms with van der Waals surface area (Å²) in [6.07, 6.45) is -0.340. The van der Waals surface area contributed by atoms with Crippen LogP contribution in [0.5, 0.6) is 0 Å². The van der Waals surface area contributed by atoms with Crippen LogP contribution in [0.25, 0.3) is 0 Å². The number of thiazole rings is 1. The van der Waals surface area contributed by atoms with Gasteiger partial charge in [-0.3, -0.25) is 19.4 Å². The number of amides is 2. The maximum Gasteiger partial charge on any atom is 0.239 e. The number of nitrogens with zero attached hydrogens (tertiary/aromatic N) is 3. The minimum Gasteiger partial charge on any atom is -0.392 e. The third kappa shape index (κ3) is 9.48. The number of aliphatic hydroxyl groups is 2. The Bertz CT molecular complexity index is 1490. The summed E-state index contributed by atoms with van der Waals surface area (Å²) in [5, 5.41) is 31.8. The second kappa shape index (κ2) is 15.4. The Kier molecular flexibility index (Phi) is 11.5. The predicted molar refractivity (Wildman–Crippen MR) is 186 cm³/mol. The molecule has 254 valence electrons. The average molecular weight is 662 g/mol. The van der Waals surface area contributed by atoms with Gasteiger partial charge in [0.25, 0.3) is 0 Å². The van der Waals surface area contributed by atoms with Gasteiger partial charge in [0.2, 0.25) is 11.8 Å². The van der Waals surface area contributed by atoms with Gasteiger partial charge in [-0.15, -0.1) is 11.3 Å². The Morgan fingerprint density at radius 1 is 1.06 bits per heavy atom. The largest absolute Gasteiger partial charge is 0.392 e. The van der Waals surface area contributed by atoms with Gasteiger partial charge in [0, 0.05) is 61.9 Å². The molecule has 1 aliphatic heterocycles. The van der Waals surface area contributed by atoms with Crippen molar-refractivity contribution in [2.75, 3.05) is 26.2 Å². The van der Waals surface area contributed by atoms with Crippen molar-refractivity contribution in [2.45, 2.75) is 96.2 Å². The van der Waals surface area contributed by atoms with E-state index in [0.29, 0.717) is 38.4 Å². The van der Waals surface area contributed by atoms with E-state index >= 15 is 0 Å². The fourth-order valence-corrected chi connectivity index (χ4v) is 7.53. The highest BCUT2D eigenvalue weighted by molar-refractivity contribution is 7.09.